The number of carbonyl (C=O) groups is 1. The zero-order valence-corrected chi connectivity index (χ0v) is 7.89. The average molecular weight is 195 g/mol. The molecule has 3 N–H and O–H groups in total. The number of hydrogen-bond donors (Lipinski definition) is 2. The number of nitrogens with one attached hydrogen (secondary N) is 1. The minimum Gasteiger partial charge on any atom is -0.320 e. The molecule has 0 saturated carbocycles. The van der Waals surface area contributed by atoms with Gasteiger partial charge < -0.3 is 11.1 Å². The second kappa shape index (κ2) is 4.03. The van der Waals surface area contributed by atoms with Crippen molar-refractivity contribution in [1.82, 2.24) is 0 Å². The fraction of sp³-hybridized carbons (Fsp3) is 0.250. The van der Waals surface area contributed by atoms with Crippen LogP contribution in [0.2, 0.25) is 0 Å². The Labute approximate surface area is 80.0 Å². The Bertz CT molecular complexity index is 351. The lowest BCUT2D eigenvalue weighted by molar-refractivity contribution is -0.117. The van der Waals surface area contributed by atoms with Crippen LogP contribution in [0.1, 0.15) is 12.5 Å². The van der Waals surface area contributed by atoms with Gasteiger partial charge in [0.15, 0.2) is 0 Å². The van der Waals surface area contributed by atoms with Gasteiger partial charge in [-0.1, -0.05) is 0 Å². The summed E-state index contributed by atoms with van der Waals surface area (Å²) in [5, 5.41) is 13.5. The van der Waals surface area contributed by atoms with Gasteiger partial charge in [0.05, 0.1) is 11.6 Å². The smallest absolute Gasteiger partial charge is 0.241 e. The van der Waals surface area contributed by atoms with Gasteiger partial charge in [-0.05, 0) is 18.4 Å². The molecule has 0 radical (unpaired) electrons. The normalized spacial score (nSPS) is 11.8. The average Bonchev–Trinajstić information content (AvgIpc) is 2.51. The van der Waals surface area contributed by atoms with Gasteiger partial charge in [-0.15, -0.1) is 11.3 Å². The molecule has 1 aromatic heterocycles. The van der Waals surface area contributed by atoms with E-state index in [0.717, 1.165) is 0 Å². The highest BCUT2D eigenvalue weighted by atomic mass is 32.1. The van der Waals surface area contributed by atoms with E-state index in [-0.39, 0.29) is 5.91 Å². The molecule has 0 aliphatic carbocycles. The molecule has 0 aliphatic heterocycles. The predicted molar refractivity (Wildman–Crippen MR) is 51.3 cm³/mol. The molecule has 0 saturated heterocycles. The second-order valence-electron chi connectivity index (χ2n) is 2.55. The highest BCUT2D eigenvalue weighted by Gasteiger charge is 2.10. The largest absolute Gasteiger partial charge is 0.320 e. The van der Waals surface area contributed by atoms with Crippen molar-refractivity contribution in [3.63, 3.8) is 0 Å². The molecule has 0 aromatic carbocycles. The molecule has 1 heterocycles. The van der Waals surface area contributed by atoms with E-state index < -0.39 is 6.04 Å². The number of anilines is 1. The van der Waals surface area contributed by atoms with Crippen LogP contribution in [0.5, 0.6) is 0 Å². The van der Waals surface area contributed by atoms with Crippen LogP contribution in [-0.2, 0) is 4.79 Å². The van der Waals surface area contributed by atoms with E-state index in [9.17, 15) is 4.79 Å². The number of nitriles is 1. The quantitative estimate of drug-likeness (QED) is 0.736. The van der Waals surface area contributed by atoms with Crippen LogP contribution in [0.3, 0.4) is 0 Å². The topological polar surface area (TPSA) is 78.9 Å². The molecule has 0 unspecified atom stereocenters. The predicted octanol–water partition coefficient (Wildman–Crippen LogP) is 0.905. The molecule has 1 amide bonds. The minimum absolute atomic E-state index is 0.279. The van der Waals surface area contributed by atoms with Crippen LogP contribution in [0.25, 0.3) is 0 Å². The summed E-state index contributed by atoms with van der Waals surface area (Å²) >= 11 is 1.31. The monoisotopic (exact) mass is 195 g/mol. The molecule has 0 fully saturated rings. The highest BCUT2D eigenvalue weighted by Crippen LogP contribution is 2.21. The summed E-state index contributed by atoms with van der Waals surface area (Å²) in [6.45, 7) is 1.59. The molecule has 68 valence electrons. The van der Waals surface area contributed by atoms with E-state index in [4.69, 9.17) is 11.0 Å². The van der Waals surface area contributed by atoms with E-state index in [0.29, 0.717) is 10.6 Å². The highest BCUT2D eigenvalue weighted by molar-refractivity contribution is 7.14. The Hall–Kier alpha value is -1.38. The Kier molecular flexibility index (Phi) is 3.01. The standard InChI is InChI=1S/C8H9N3OS/c1-5(10)7(12)11-8-6(4-9)2-3-13-8/h2-3,5H,10H2,1H3,(H,11,12)/t5-/m0/s1. The lowest BCUT2D eigenvalue weighted by atomic mass is 10.3. The third-order valence-corrected chi connectivity index (χ3v) is 2.27. The van der Waals surface area contributed by atoms with Crippen LogP contribution >= 0.6 is 11.3 Å². The van der Waals surface area contributed by atoms with E-state index in [1.54, 1.807) is 18.4 Å². The van der Waals surface area contributed by atoms with E-state index >= 15 is 0 Å². The zero-order valence-electron chi connectivity index (χ0n) is 7.07. The molecule has 0 spiro atoms. The van der Waals surface area contributed by atoms with Crippen LogP contribution < -0.4 is 11.1 Å². The van der Waals surface area contributed by atoms with E-state index in [1.165, 1.54) is 11.3 Å². The van der Waals surface area contributed by atoms with Crippen molar-refractivity contribution in [3.8, 4) is 6.07 Å². The zero-order chi connectivity index (χ0) is 9.84. The van der Waals surface area contributed by atoms with Crippen molar-refractivity contribution in [2.75, 3.05) is 5.32 Å². The third-order valence-electron chi connectivity index (χ3n) is 1.44. The Balaban J connectivity index is 2.76. The van der Waals surface area contributed by atoms with Crippen molar-refractivity contribution in [3.05, 3.63) is 17.0 Å². The molecule has 5 heteroatoms. The van der Waals surface area contributed by atoms with Crippen LogP contribution in [0.4, 0.5) is 5.00 Å². The fourth-order valence-electron chi connectivity index (χ4n) is 0.720. The van der Waals surface area contributed by atoms with Gasteiger partial charge >= 0.3 is 0 Å². The number of hydrogen-bond acceptors (Lipinski definition) is 4. The Morgan fingerprint density at radius 2 is 2.54 bits per heavy atom. The lowest BCUT2D eigenvalue weighted by Crippen LogP contribution is -2.32. The van der Waals surface area contributed by atoms with E-state index in [2.05, 4.69) is 5.32 Å². The first kappa shape index (κ1) is 9.71. The number of amides is 1. The Morgan fingerprint density at radius 3 is 3.08 bits per heavy atom. The fourth-order valence-corrected chi connectivity index (χ4v) is 1.46. The molecule has 1 rings (SSSR count). The molecular formula is C8H9N3OS. The SMILES string of the molecule is C[C@H](N)C(=O)Nc1sccc1C#N. The molecule has 1 atom stereocenters. The molecule has 0 bridgehead atoms. The van der Waals surface area contributed by atoms with Crippen LogP contribution in [0, 0.1) is 11.3 Å². The lowest BCUT2D eigenvalue weighted by Gasteiger charge is -2.04. The van der Waals surface area contributed by atoms with Crippen molar-refractivity contribution in [2.24, 2.45) is 5.73 Å². The van der Waals surface area contributed by atoms with Crippen molar-refractivity contribution < 1.29 is 4.79 Å². The molecule has 13 heavy (non-hydrogen) atoms. The van der Waals surface area contributed by atoms with Crippen LogP contribution in [0.15, 0.2) is 11.4 Å². The Morgan fingerprint density at radius 1 is 1.85 bits per heavy atom. The van der Waals surface area contributed by atoms with Gasteiger partial charge in [0.1, 0.15) is 11.1 Å². The summed E-state index contributed by atoms with van der Waals surface area (Å²) in [7, 11) is 0. The summed E-state index contributed by atoms with van der Waals surface area (Å²) < 4.78 is 0. The third kappa shape index (κ3) is 2.28. The summed E-state index contributed by atoms with van der Waals surface area (Å²) in [4.78, 5) is 11.1. The van der Waals surface area contributed by atoms with Gasteiger partial charge in [0, 0.05) is 0 Å². The number of carbonyl (C=O) groups excluding carboxylic acids is 1. The van der Waals surface area contributed by atoms with E-state index in [1.807, 2.05) is 6.07 Å². The van der Waals surface area contributed by atoms with Crippen molar-refractivity contribution in [2.45, 2.75) is 13.0 Å². The van der Waals surface area contributed by atoms with Crippen molar-refractivity contribution >= 4 is 22.2 Å². The van der Waals surface area contributed by atoms with Crippen molar-refractivity contribution in [1.29, 1.82) is 5.26 Å². The maximum atomic E-state index is 11.1. The maximum absolute atomic E-state index is 11.1. The van der Waals surface area contributed by atoms with Gasteiger partial charge in [0.2, 0.25) is 5.91 Å². The number of rotatable bonds is 2. The first-order valence-electron chi connectivity index (χ1n) is 3.69. The first-order chi connectivity index (χ1) is 6.15. The summed E-state index contributed by atoms with van der Waals surface area (Å²) in [6.07, 6.45) is 0. The van der Waals surface area contributed by atoms with Crippen LogP contribution in [-0.4, -0.2) is 11.9 Å². The molecule has 1 aromatic rings. The number of nitrogens with zero attached hydrogens (tertiary/aromatic N) is 1. The number of nitrogens with two attached hydrogens (primary N) is 1. The molecule has 4 nitrogen and oxygen atoms in total. The van der Waals surface area contributed by atoms with Gasteiger partial charge in [-0.3, -0.25) is 4.79 Å². The molecule has 0 aliphatic rings. The summed E-state index contributed by atoms with van der Waals surface area (Å²) in [5.41, 5.74) is 5.83. The second-order valence-corrected chi connectivity index (χ2v) is 3.47. The maximum Gasteiger partial charge on any atom is 0.241 e. The first-order valence-corrected chi connectivity index (χ1v) is 4.57. The number of thiophene rings is 1. The summed E-state index contributed by atoms with van der Waals surface area (Å²) in [6, 6.07) is 3.07. The van der Waals surface area contributed by atoms with Gasteiger partial charge in [0.25, 0.3) is 0 Å². The van der Waals surface area contributed by atoms with Gasteiger partial charge in [-0.25, -0.2) is 0 Å². The molecular weight excluding hydrogens is 186 g/mol. The summed E-state index contributed by atoms with van der Waals surface area (Å²) in [5.74, 6) is -0.279. The minimum atomic E-state index is -0.561. The van der Waals surface area contributed by atoms with Gasteiger partial charge in [-0.2, -0.15) is 5.26 Å².